The van der Waals surface area contributed by atoms with Crippen LogP contribution in [0.4, 0.5) is 4.79 Å². The molecule has 4 nitrogen and oxygen atoms in total. The van der Waals surface area contributed by atoms with Crippen LogP contribution < -0.4 is 5.32 Å². The van der Waals surface area contributed by atoms with Crippen molar-refractivity contribution in [3.8, 4) is 11.1 Å². The van der Waals surface area contributed by atoms with E-state index in [0.717, 1.165) is 34.7 Å². The molecule has 1 amide bonds. The molecule has 1 aliphatic heterocycles. The molecule has 1 aromatic heterocycles. The molecule has 1 N–H and O–H groups in total. The van der Waals surface area contributed by atoms with E-state index in [0.29, 0.717) is 6.61 Å². The normalized spacial score (nSPS) is 16.2. The van der Waals surface area contributed by atoms with Crippen molar-refractivity contribution in [1.82, 2.24) is 9.88 Å². The largest absolute Gasteiger partial charge is 0.447 e. The maximum absolute atomic E-state index is 11.2. The Bertz CT molecular complexity index is 963. The van der Waals surface area contributed by atoms with Gasteiger partial charge in [-0.2, -0.15) is 0 Å². The molecule has 0 radical (unpaired) electrons. The zero-order valence-electron chi connectivity index (χ0n) is 15.1. The number of ether oxygens (including phenoxy) is 1. The van der Waals surface area contributed by atoms with E-state index in [-0.39, 0.29) is 12.1 Å². The van der Waals surface area contributed by atoms with Gasteiger partial charge in [0.2, 0.25) is 0 Å². The fourth-order valence-corrected chi connectivity index (χ4v) is 3.72. The van der Waals surface area contributed by atoms with E-state index in [1.54, 1.807) is 0 Å². The monoisotopic (exact) mass is 380 g/mol. The third-order valence-corrected chi connectivity index (χ3v) is 5.34. The molecule has 1 fully saturated rings. The van der Waals surface area contributed by atoms with Gasteiger partial charge in [0.25, 0.3) is 0 Å². The Hall–Kier alpha value is -2.72. The summed E-state index contributed by atoms with van der Waals surface area (Å²) in [6.45, 7) is 3.43. The first-order valence-corrected chi connectivity index (χ1v) is 9.42. The second-order valence-corrected chi connectivity index (χ2v) is 7.23. The number of amides is 1. The van der Waals surface area contributed by atoms with E-state index >= 15 is 0 Å². The highest BCUT2D eigenvalue weighted by molar-refractivity contribution is 6.33. The number of cyclic esters (lactones) is 1. The first-order valence-electron chi connectivity index (χ1n) is 9.04. The number of aryl methyl sites for hydroxylation is 3. The molecule has 1 atom stereocenters. The van der Waals surface area contributed by atoms with E-state index in [2.05, 4.69) is 53.3 Å². The second-order valence-electron chi connectivity index (χ2n) is 6.82. The number of carbonyl (C=O) groups excluding carboxylic acids is 1. The average Bonchev–Trinajstić information content (AvgIpc) is 3.28. The fourth-order valence-electron chi connectivity index (χ4n) is 3.41. The summed E-state index contributed by atoms with van der Waals surface area (Å²) in [5.41, 5.74) is 5.58. The average molecular weight is 381 g/mol. The van der Waals surface area contributed by atoms with Crippen molar-refractivity contribution in [3.63, 3.8) is 0 Å². The molecule has 3 aromatic rings. The molecule has 27 heavy (non-hydrogen) atoms. The lowest BCUT2D eigenvalue weighted by molar-refractivity contribution is 0.177. The standard InChI is InChI=1S/C22H21ClN2O2/c1-15-3-2-11-25(15)12-10-16-4-9-19(20(23)13-16)17-5-7-18(8-6-17)21-14-27-22(26)24-21/h2-9,11,13,21H,10,12,14H2,1H3,(H,24,26)/t21-/m0/s1. The Labute approximate surface area is 163 Å². The number of aromatic nitrogens is 1. The summed E-state index contributed by atoms with van der Waals surface area (Å²) in [5.74, 6) is 0. The number of benzene rings is 2. The van der Waals surface area contributed by atoms with Crippen molar-refractivity contribution in [2.45, 2.75) is 25.9 Å². The van der Waals surface area contributed by atoms with Gasteiger partial charge in [-0.3, -0.25) is 0 Å². The zero-order valence-corrected chi connectivity index (χ0v) is 15.9. The minimum Gasteiger partial charge on any atom is -0.447 e. The molecular formula is C22H21ClN2O2. The van der Waals surface area contributed by atoms with Crippen molar-refractivity contribution >= 4 is 17.7 Å². The number of alkyl carbamates (subject to hydrolysis) is 1. The van der Waals surface area contributed by atoms with Crippen molar-refractivity contribution in [3.05, 3.63) is 82.6 Å². The third kappa shape index (κ3) is 3.86. The highest BCUT2D eigenvalue weighted by Gasteiger charge is 2.23. The predicted molar refractivity (Wildman–Crippen MR) is 107 cm³/mol. The van der Waals surface area contributed by atoms with Crippen molar-refractivity contribution < 1.29 is 9.53 Å². The Balaban J connectivity index is 1.47. The van der Waals surface area contributed by atoms with Crippen LogP contribution in [0.2, 0.25) is 5.02 Å². The molecule has 0 spiro atoms. The molecule has 2 aromatic carbocycles. The molecule has 4 rings (SSSR count). The topological polar surface area (TPSA) is 43.3 Å². The molecular weight excluding hydrogens is 360 g/mol. The highest BCUT2D eigenvalue weighted by atomic mass is 35.5. The van der Waals surface area contributed by atoms with Crippen molar-refractivity contribution in [2.24, 2.45) is 0 Å². The summed E-state index contributed by atoms with van der Waals surface area (Å²) in [5, 5.41) is 3.54. The van der Waals surface area contributed by atoms with Gasteiger partial charge in [-0.1, -0.05) is 48.0 Å². The summed E-state index contributed by atoms with van der Waals surface area (Å²) < 4.78 is 7.19. The van der Waals surface area contributed by atoms with Crippen LogP contribution in [-0.2, 0) is 17.7 Å². The van der Waals surface area contributed by atoms with Gasteiger partial charge < -0.3 is 14.6 Å². The zero-order chi connectivity index (χ0) is 18.8. The van der Waals surface area contributed by atoms with Crippen LogP contribution in [0, 0.1) is 6.92 Å². The molecule has 0 unspecified atom stereocenters. The number of rotatable bonds is 5. The SMILES string of the molecule is Cc1cccn1CCc1ccc(-c2ccc([C@@H]3COC(=O)N3)cc2)c(Cl)c1. The molecule has 138 valence electrons. The lowest BCUT2D eigenvalue weighted by atomic mass is 9.99. The smallest absolute Gasteiger partial charge is 0.407 e. The molecule has 0 aliphatic carbocycles. The maximum atomic E-state index is 11.2. The Morgan fingerprint density at radius 1 is 1.19 bits per heavy atom. The van der Waals surface area contributed by atoms with Gasteiger partial charge in [0.15, 0.2) is 0 Å². The molecule has 1 aliphatic rings. The molecule has 1 saturated heterocycles. The van der Waals surface area contributed by atoms with E-state index in [9.17, 15) is 4.79 Å². The summed E-state index contributed by atoms with van der Waals surface area (Å²) in [6.07, 6.45) is 2.68. The van der Waals surface area contributed by atoms with Gasteiger partial charge >= 0.3 is 6.09 Å². The van der Waals surface area contributed by atoms with Crippen LogP contribution in [0.5, 0.6) is 0 Å². The molecule has 2 heterocycles. The Morgan fingerprint density at radius 3 is 2.63 bits per heavy atom. The van der Waals surface area contributed by atoms with Crippen molar-refractivity contribution in [1.29, 1.82) is 0 Å². The number of hydrogen-bond acceptors (Lipinski definition) is 2. The van der Waals surface area contributed by atoms with Crippen LogP contribution in [-0.4, -0.2) is 17.3 Å². The number of nitrogens with zero attached hydrogens (tertiary/aromatic N) is 1. The Morgan fingerprint density at radius 2 is 2.00 bits per heavy atom. The van der Waals surface area contributed by atoms with E-state index in [4.69, 9.17) is 16.3 Å². The van der Waals surface area contributed by atoms with Crippen LogP contribution in [0.25, 0.3) is 11.1 Å². The van der Waals surface area contributed by atoms with E-state index in [1.807, 2.05) is 24.3 Å². The maximum Gasteiger partial charge on any atom is 0.407 e. The van der Waals surface area contributed by atoms with Gasteiger partial charge in [0.05, 0.1) is 6.04 Å². The molecule has 0 bridgehead atoms. The summed E-state index contributed by atoms with van der Waals surface area (Å²) in [7, 11) is 0. The van der Waals surface area contributed by atoms with Crippen molar-refractivity contribution in [2.75, 3.05) is 6.61 Å². The van der Waals surface area contributed by atoms with Crippen LogP contribution in [0.15, 0.2) is 60.8 Å². The third-order valence-electron chi connectivity index (χ3n) is 5.03. The quantitative estimate of drug-likeness (QED) is 0.665. The van der Waals surface area contributed by atoms with Crippen LogP contribution in [0.1, 0.15) is 22.9 Å². The number of hydrogen-bond donors (Lipinski definition) is 1. The van der Waals surface area contributed by atoms with Gasteiger partial charge in [0.1, 0.15) is 6.61 Å². The van der Waals surface area contributed by atoms with Crippen LogP contribution in [0.3, 0.4) is 0 Å². The van der Waals surface area contributed by atoms with E-state index in [1.165, 1.54) is 11.3 Å². The van der Waals surface area contributed by atoms with Gasteiger partial charge in [0, 0.05) is 29.0 Å². The van der Waals surface area contributed by atoms with E-state index < -0.39 is 0 Å². The minimum atomic E-state index is -0.363. The lowest BCUT2D eigenvalue weighted by Crippen LogP contribution is -2.18. The van der Waals surface area contributed by atoms with Gasteiger partial charge in [-0.05, 0) is 48.2 Å². The number of carbonyl (C=O) groups is 1. The lowest BCUT2D eigenvalue weighted by Gasteiger charge is -2.11. The minimum absolute atomic E-state index is 0.0819. The molecule has 5 heteroatoms. The number of nitrogens with one attached hydrogen (secondary N) is 1. The van der Waals surface area contributed by atoms with Gasteiger partial charge in [-0.15, -0.1) is 0 Å². The fraction of sp³-hybridized carbons (Fsp3) is 0.227. The number of halogens is 1. The van der Waals surface area contributed by atoms with Crippen LogP contribution >= 0.6 is 11.6 Å². The first kappa shape index (κ1) is 17.7. The Kier molecular flexibility index (Phi) is 4.90. The highest BCUT2D eigenvalue weighted by Crippen LogP contribution is 2.30. The molecule has 0 saturated carbocycles. The predicted octanol–water partition coefficient (Wildman–Crippen LogP) is 5.14. The first-order chi connectivity index (χ1) is 13.1. The van der Waals surface area contributed by atoms with Gasteiger partial charge in [-0.25, -0.2) is 4.79 Å². The summed E-state index contributed by atoms with van der Waals surface area (Å²) in [4.78, 5) is 11.2. The summed E-state index contributed by atoms with van der Waals surface area (Å²) in [6, 6.07) is 18.4. The summed E-state index contributed by atoms with van der Waals surface area (Å²) >= 11 is 6.56. The second kappa shape index (κ2) is 7.49.